The van der Waals surface area contributed by atoms with Crippen LogP contribution in [-0.2, 0) is 6.42 Å². The van der Waals surface area contributed by atoms with Crippen LogP contribution in [-0.4, -0.2) is 4.98 Å². The average molecular weight is 518 g/mol. The number of nitrogens with one attached hydrogen (secondary N) is 1. The molecule has 30 heavy (non-hydrogen) atoms. The lowest BCUT2D eigenvalue weighted by Gasteiger charge is -2.04. The zero-order chi connectivity index (χ0) is 21.0. The maximum atomic E-state index is 3.59. The molecule has 0 radical (unpaired) electrons. The Morgan fingerprint density at radius 3 is 1.90 bits per heavy atom. The third-order valence-electron chi connectivity index (χ3n) is 6.47. The normalized spacial score (nSPS) is 11.7. The van der Waals surface area contributed by atoms with Gasteiger partial charge in [0.2, 0.25) is 0 Å². The number of hydrogen-bond donors (Lipinski definition) is 1. The van der Waals surface area contributed by atoms with E-state index in [1.165, 1.54) is 127 Å². The maximum Gasteiger partial charge on any atom is 0.0600 e. The quantitative estimate of drug-likeness (QED) is 0.153. The third-order valence-corrected chi connectivity index (χ3v) is 7.37. The zero-order valence-corrected chi connectivity index (χ0v) is 21.1. The van der Waals surface area contributed by atoms with Crippen LogP contribution in [0.4, 0.5) is 0 Å². The Balaban J connectivity index is 1.26. The van der Waals surface area contributed by atoms with Gasteiger partial charge < -0.3 is 4.98 Å². The second kappa shape index (κ2) is 13.4. The Labute approximate surface area is 197 Å². The minimum atomic E-state index is 1.21. The molecule has 0 bridgehead atoms. The first-order chi connectivity index (χ1) is 14.8. The maximum absolute atomic E-state index is 3.59. The van der Waals surface area contributed by atoms with E-state index in [0.717, 1.165) is 0 Å². The molecule has 1 N–H and O–H groups in total. The lowest BCUT2D eigenvalue weighted by atomic mass is 10.0. The number of unbranched alkanes of at least 4 members (excludes halogenated alkanes) is 13. The Hall–Kier alpha value is -1.03. The first-order valence-electron chi connectivity index (χ1n) is 12.5. The fourth-order valence-electron chi connectivity index (χ4n) is 4.61. The molecule has 0 atom stereocenters. The van der Waals surface area contributed by atoms with E-state index in [1.807, 2.05) is 0 Å². The minimum Gasteiger partial charge on any atom is -0.354 e. The van der Waals surface area contributed by atoms with Gasteiger partial charge in [-0.3, -0.25) is 0 Å². The number of para-hydroxylation sites is 1. The highest BCUT2D eigenvalue weighted by atomic mass is 127. The first-order valence-corrected chi connectivity index (χ1v) is 13.6. The summed E-state index contributed by atoms with van der Waals surface area (Å²) in [5.74, 6) is 0. The predicted octanol–water partition coefficient (Wildman–Crippen LogP) is 9.95. The van der Waals surface area contributed by atoms with Gasteiger partial charge in [0.15, 0.2) is 0 Å². The van der Waals surface area contributed by atoms with Gasteiger partial charge >= 0.3 is 0 Å². The molecule has 3 aromatic rings. The van der Waals surface area contributed by atoms with Crippen molar-refractivity contribution in [1.82, 2.24) is 4.98 Å². The number of hydrogen-bond acceptors (Lipinski definition) is 0. The van der Waals surface area contributed by atoms with Crippen LogP contribution in [0.3, 0.4) is 0 Å². The highest BCUT2D eigenvalue weighted by Gasteiger charge is 2.07. The molecule has 1 heterocycles. The van der Waals surface area contributed by atoms with Crippen molar-refractivity contribution in [2.24, 2.45) is 0 Å². The second-order valence-electron chi connectivity index (χ2n) is 9.01. The molecule has 0 saturated carbocycles. The van der Waals surface area contributed by atoms with E-state index in [4.69, 9.17) is 0 Å². The summed E-state index contributed by atoms with van der Waals surface area (Å²) in [6.07, 6.45) is 21.2. The van der Waals surface area contributed by atoms with E-state index in [0.29, 0.717) is 0 Å². The van der Waals surface area contributed by atoms with E-state index in [2.05, 4.69) is 70.9 Å². The standard InChI is InChI=1S/C28H40IN/c1-2-3-4-5-6-7-8-9-10-11-12-13-14-15-17-23-20-21-27-25(22-23)24-18-16-19-26(29)28(24)30-27/h16,18-22,30H,2-15,17H2,1H3. The molecule has 0 aliphatic heterocycles. The Kier molecular flexibility index (Phi) is 10.6. The molecule has 1 aromatic heterocycles. The van der Waals surface area contributed by atoms with Crippen molar-refractivity contribution in [3.05, 3.63) is 45.5 Å². The number of benzene rings is 2. The molecule has 0 aliphatic rings. The molecular weight excluding hydrogens is 477 g/mol. The van der Waals surface area contributed by atoms with Gasteiger partial charge in [-0.25, -0.2) is 0 Å². The van der Waals surface area contributed by atoms with Crippen molar-refractivity contribution in [2.45, 2.75) is 103 Å². The lowest BCUT2D eigenvalue weighted by molar-refractivity contribution is 0.535. The predicted molar refractivity (Wildman–Crippen MR) is 143 cm³/mol. The van der Waals surface area contributed by atoms with Gasteiger partial charge in [-0.05, 0) is 59.2 Å². The van der Waals surface area contributed by atoms with Crippen LogP contribution < -0.4 is 0 Å². The van der Waals surface area contributed by atoms with Crippen LogP contribution in [0.5, 0.6) is 0 Å². The topological polar surface area (TPSA) is 15.8 Å². The number of aromatic amines is 1. The molecule has 0 spiro atoms. The van der Waals surface area contributed by atoms with Crippen LogP contribution in [0.2, 0.25) is 0 Å². The average Bonchev–Trinajstić information content (AvgIpc) is 3.13. The molecule has 3 rings (SSSR count). The number of aryl methyl sites for hydroxylation is 1. The summed E-state index contributed by atoms with van der Waals surface area (Å²) in [4.78, 5) is 3.59. The molecular formula is C28H40IN. The van der Waals surface area contributed by atoms with Crippen molar-refractivity contribution in [2.75, 3.05) is 0 Å². The van der Waals surface area contributed by atoms with E-state index in [9.17, 15) is 0 Å². The largest absolute Gasteiger partial charge is 0.354 e. The molecule has 0 amide bonds. The minimum absolute atomic E-state index is 1.21. The lowest BCUT2D eigenvalue weighted by Crippen LogP contribution is -1.87. The molecule has 0 aliphatic carbocycles. The fraction of sp³-hybridized carbons (Fsp3) is 0.571. The Morgan fingerprint density at radius 2 is 1.27 bits per heavy atom. The first kappa shape index (κ1) is 23.6. The fourth-order valence-corrected chi connectivity index (χ4v) is 5.25. The van der Waals surface area contributed by atoms with E-state index in [-0.39, 0.29) is 0 Å². The molecule has 2 aromatic carbocycles. The molecule has 1 nitrogen and oxygen atoms in total. The number of aromatic nitrogens is 1. The van der Waals surface area contributed by atoms with Gasteiger partial charge in [-0.1, -0.05) is 109 Å². The number of H-pyrrole nitrogens is 1. The SMILES string of the molecule is CCCCCCCCCCCCCCCCc1ccc2[nH]c3c(I)cccc3c2c1. The molecule has 0 unspecified atom stereocenters. The van der Waals surface area contributed by atoms with Crippen LogP contribution in [0, 0.1) is 3.57 Å². The van der Waals surface area contributed by atoms with Crippen LogP contribution >= 0.6 is 22.6 Å². The summed E-state index contributed by atoms with van der Waals surface area (Å²) < 4.78 is 1.30. The molecule has 2 heteroatoms. The summed E-state index contributed by atoms with van der Waals surface area (Å²) in [7, 11) is 0. The molecule has 0 fully saturated rings. The van der Waals surface area contributed by atoms with Crippen molar-refractivity contribution in [3.63, 3.8) is 0 Å². The third kappa shape index (κ3) is 7.28. The van der Waals surface area contributed by atoms with Crippen LogP contribution in [0.25, 0.3) is 21.8 Å². The summed E-state index contributed by atoms with van der Waals surface area (Å²) in [5, 5.41) is 2.74. The van der Waals surface area contributed by atoms with Gasteiger partial charge in [0, 0.05) is 19.9 Å². The van der Waals surface area contributed by atoms with Crippen molar-refractivity contribution in [3.8, 4) is 0 Å². The van der Waals surface area contributed by atoms with Crippen LogP contribution in [0.15, 0.2) is 36.4 Å². The van der Waals surface area contributed by atoms with Crippen molar-refractivity contribution < 1.29 is 0 Å². The van der Waals surface area contributed by atoms with Crippen LogP contribution in [0.1, 0.15) is 102 Å². The van der Waals surface area contributed by atoms with Crippen molar-refractivity contribution >= 4 is 44.4 Å². The number of halogens is 1. The number of rotatable bonds is 15. The smallest absolute Gasteiger partial charge is 0.0600 e. The second-order valence-corrected chi connectivity index (χ2v) is 10.2. The Bertz CT molecular complexity index is 879. The summed E-state index contributed by atoms with van der Waals surface area (Å²) >= 11 is 2.42. The van der Waals surface area contributed by atoms with Gasteiger partial charge in [0.25, 0.3) is 0 Å². The molecule has 164 valence electrons. The monoisotopic (exact) mass is 517 g/mol. The summed E-state index contributed by atoms with van der Waals surface area (Å²) in [5.41, 5.74) is 4.03. The summed E-state index contributed by atoms with van der Waals surface area (Å²) in [6.45, 7) is 2.30. The van der Waals surface area contributed by atoms with Gasteiger partial charge in [-0.15, -0.1) is 0 Å². The van der Waals surface area contributed by atoms with E-state index >= 15 is 0 Å². The number of fused-ring (bicyclic) bond motifs is 3. The van der Waals surface area contributed by atoms with Gasteiger partial charge in [0.05, 0.1) is 5.52 Å². The summed E-state index contributed by atoms with van der Waals surface area (Å²) in [6, 6.07) is 13.6. The zero-order valence-electron chi connectivity index (χ0n) is 18.9. The highest BCUT2D eigenvalue weighted by molar-refractivity contribution is 14.1. The Morgan fingerprint density at radius 1 is 0.667 bits per heavy atom. The highest BCUT2D eigenvalue weighted by Crippen LogP contribution is 2.29. The van der Waals surface area contributed by atoms with Gasteiger partial charge in [-0.2, -0.15) is 0 Å². The molecule has 0 saturated heterocycles. The van der Waals surface area contributed by atoms with E-state index < -0.39 is 0 Å². The van der Waals surface area contributed by atoms with Crippen molar-refractivity contribution in [1.29, 1.82) is 0 Å². The van der Waals surface area contributed by atoms with Gasteiger partial charge in [0.1, 0.15) is 0 Å². The van der Waals surface area contributed by atoms with E-state index in [1.54, 1.807) is 0 Å².